The molecule has 2 aromatic carbocycles. The summed E-state index contributed by atoms with van der Waals surface area (Å²) in [6, 6.07) is 10.2. The Kier molecular flexibility index (Phi) is 8.98. The third kappa shape index (κ3) is 6.66. The minimum atomic E-state index is -3.87. The van der Waals surface area contributed by atoms with Crippen molar-refractivity contribution in [2.45, 2.75) is 44.4 Å². The van der Waals surface area contributed by atoms with Gasteiger partial charge in [-0.15, -0.1) is 0 Å². The summed E-state index contributed by atoms with van der Waals surface area (Å²) in [6.45, 7) is 4.60. The summed E-state index contributed by atoms with van der Waals surface area (Å²) < 4.78 is 41.5. The molecule has 0 amide bonds. The van der Waals surface area contributed by atoms with Crippen molar-refractivity contribution in [3.05, 3.63) is 47.5 Å². The molecule has 0 bridgehead atoms. The van der Waals surface area contributed by atoms with Crippen molar-refractivity contribution in [2.24, 2.45) is 5.10 Å². The zero-order valence-corrected chi connectivity index (χ0v) is 18.8. The smallest absolute Gasteiger partial charge is 0.280 e. The number of hydrogen-bond donors (Lipinski definition) is 1. The van der Waals surface area contributed by atoms with E-state index in [4.69, 9.17) is 14.2 Å². The zero-order valence-electron chi connectivity index (χ0n) is 18.0. The molecule has 0 aliphatic rings. The van der Waals surface area contributed by atoms with Gasteiger partial charge in [-0.25, -0.2) is 0 Å². The fourth-order valence-electron chi connectivity index (χ4n) is 2.81. The van der Waals surface area contributed by atoms with Crippen molar-refractivity contribution in [2.75, 3.05) is 20.8 Å². The van der Waals surface area contributed by atoms with Gasteiger partial charge in [0.2, 0.25) is 0 Å². The lowest BCUT2D eigenvalue weighted by molar-refractivity contribution is 0.285. The number of sulfonamides is 1. The van der Waals surface area contributed by atoms with Crippen molar-refractivity contribution >= 4 is 16.2 Å². The van der Waals surface area contributed by atoms with Crippen LogP contribution in [0.4, 0.5) is 0 Å². The Labute approximate surface area is 179 Å². The first-order valence-electron chi connectivity index (χ1n) is 9.91. The van der Waals surface area contributed by atoms with Gasteiger partial charge in [-0.05, 0) is 54.8 Å². The highest BCUT2D eigenvalue weighted by Crippen LogP contribution is 2.28. The highest BCUT2D eigenvalue weighted by molar-refractivity contribution is 7.89. The fourth-order valence-corrected chi connectivity index (χ4v) is 3.86. The largest absolute Gasteiger partial charge is 0.495 e. The first kappa shape index (κ1) is 23.5. The third-order valence-corrected chi connectivity index (χ3v) is 5.68. The molecule has 1 N–H and O–H groups in total. The Bertz CT molecular complexity index is 958. The van der Waals surface area contributed by atoms with Crippen LogP contribution in [-0.2, 0) is 10.0 Å². The van der Waals surface area contributed by atoms with Gasteiger partial charge in [-0.3, -0.25) is 0 Å². The lowest BCUT2D eigenvalue weighted by Gasteiger charge is -2.11. The van der Waals surface area contributed by atoms with Gasteiger partial charge in [0, 0.05) is 0 Å². The Morgan fingerprint density at radius 2 is 1.70 bits per heavy atom. The van der Waals surface area contributed by atoms with E-state index in [1.807, 2.05) is 0 Å². The van der Waals surface area contributed by atoms with Gasteiger partial charge < -0.3 is 14.2 Å². The van der Waals surface area contributed by atoms with Crippen LogP contribution in [0.3, 0.4) is 0 Å². The normalized spacial score (nSPS) is 11.5. The molecule has 0 heterocycles. The van der Waals surface area contributed by atoms with Crippen LogP contribution in [-0.4, -0.2) is 35.5 Å². The average Bonchev–Trinajstić information content (AvgIpc) is 2.74. The molecule has 30 heavy (non-hydrogen) atoms. The minimum absolute atomic E-state index is 0.0338. The number of aryl methyl sites for hydroxylation is 1. The van der Waals surface area contributed by atoms with Crippen LogP contribution in [0.1, 0.15) is 43.7 Å². The van der Waals surface area contributed by atoms with Crippen LogP contribution in [0.25, 0.3) is 0 Å². The molecule has 0 atom stereocenters. The number of ether oxygens (including phenoxy) is 3. The van der Waals surface area contributed by atoms with Crippen LogP contribution in [0.15, 0.2) is 46.4 Å². The first-order chi connectivity index (χ1) is 14.4. The molecule has 0 radical (unpaired) electrons. The highest BCUT2D eigenvalue weighted by atomic mass is 32.2. The van der Waals surface area contributed by atoms with E-state index in [0.717, 1.165) is 18.4 Å². The van der Waals surface area contributed by atoms with Crippen molar-refractivity contribution in [3.63, 3.8) is 0 Å². The highest BCUT2D eigenvalue weighted by Gasteiger charge is 2.19. The maximum Gasteiger partial charge on any atom is 0.280 e. The average molecular weight is 435 g/mol. The van der Waals surface area contributed by atoms with Crippen molar-refractivity contribution in [1.82, 2.24) is 4.83 Å². The molecule has 164 valence electrons. The molecule has 2 aromatic rings. The molecule has 7 nitrogen and oxygen atoms in total. The van der Waals surface area contributed by atoms with E-state index in [9.17, 15) is 8.42 Å². The van der Waals surface area contributed by atoms with Crippen LogP contribution < -0.4 is 19.0 Å². The SMILES string of the molecule is CCCCCCOc1ccc(/C=N/NS(=O)(=O)c2cc(C)ccc2OC)cc1OC. The number of methoxy groups -OCH3 is 2. The molecule has 0 fully saturated rings. The fraction of sp³-hybridized carbons (Fsp3) is 0.409. The van der Waals surface area contributed by atoms with E-state index in [-0.39, 0.29) is 10.6 Å². The predicted octanol–water partition coefficient (Wildman–Crippen LogP) is 4.28. The van der Waals surface area contributed by atoms with Crippen molar-refractivity contribution in [1.29, 1.82) is 0 Å². The number of benzene rings is 2. The summed E-state index contributed by atoms with van der Waals surface area (Å²) in [4.78, 5) is 2.26. The molecular formula is C22H30N2O5S. The van der Waals surface area contributed by atoms with Crippen LogP contribution in [0.2, 0.25) is 0 Å². The van der Waals surface area contributed by atoms with E-state index in [1.165, 1.54) is 32.2 Å². The van der Waals surface area contributed by atoms with Crippen LogP contribution in [0, 0.1) is 6.92 Å². The number of unbranched alkanes of at least 4 members (excludes halogenated alkanes) is 3. The molecule has 0 unspecified atom stereocenters. The molecule has 2 rings (SSSR count). The third-order valence-electron chi connectivity index (χ3n) is 4.44. The molecule has 0 saturated heterocycles. The standard InChI is InChI=1S/C22H30N2O5S/c1-5-6-7-8-13-29-19-12-10-18(15-21(19)28-4)16-23-24-30(25,26)22-14-17(2)9-11-20(22)27-3/h9-12,14-16,24H,5-8,13H2,1-4H3/b23-16+. The molecule has 0 spiro atoms. The van der Waals surface area contributed by atoms with Crippen LogP contribution in [0.5, 0.6) is 17.2 Å². The Balaban J connectivity index is 2.06. The second-order valence-electron chi connectivity index (χ2n) is 6.83. The maximum atomic E-state index is 12.6. The van der Waals surface area contributed by atoms with E-state index in [2.05, 4.69) is 16.9 Å². The second-order valence-corrected chi connectivity index (χ2v) is 8.46. The van der Waals surface area contributed by atoms with Crippen molar-refractivity contribution < 1.29 is 22.6 Å². The summed E-state index contributed by atoms with van der Waals surface area (Å²) >= 11 is 0. The number of nitrogens with zero attached hydrogens (tertiary/aromatic N) is 1. The Morgan fingerprint density at radius 1 is 0.967 bits per heavy atom. The van der Waals surface area contributed by atoms with Gasteiger partial charge >= 0.3 is 0 Å². The van der Waals surface area contributed by atoms with Gasteiger partial charge in [0.05, 0.1) is 27.0 Å². The molecular weight excluding hydrogens is 404 g/mol. The second kappa shape index (κ2) is 11.4. The monoisotopic (exact) mass is 434 g/mol. The van der Waals surface area contributed by atoms with Gasteiger partial charge in [-0.1, -0.05) is 32.3 Å². The summed E-state index contributed by atoms with van der Waals surface area (Å²) in [6.07, 6.45) is 5.91. The maximum absolute atomic E-state index is 12.6. The number of hydrazone groups is 1. The van der Waals surface area contributed by atoms with E-state index in [0.29, 0.717) is 23.7 Å². The summed E-state index contributed by atoms with van der Waals surface area (Å²) in [5, 5.41) is 3.88. The topological polar surface area (TPSA) is 86.2 Å². The zero-order chi connectivity index (χ0) is 22.0. The van der Waals surface area contributed by atoms with Crippen LogP contribution >= 0.6 is 0 Å². The number of hydrogen-bond acceptors (Lipinski definition) is 6. The minimum Gasteiger partial charge on any atom is -0.495 e. The lowest BCUT2D eigenvalue weighted by Crippen LogP contribution is -2.19. The number of nitrogens with one attached hydrogen (secondary N) is 1. The summed E-state index contributed by atoms with van der Waals surface area (Å²) in [7, 11) is -0.882. The summed E-state index contributed by atoms with van der Waals surface area (Å²) in [5.74, 6) is 1.47. The molecule has 0 saturated carbocycles. The Morgan fingerprint density at radius 3 is 2.40 bits per heavy atom. The first-order valence-corrected chi connectivity index (χ1v) is 11.4. The number of rotatable bonds is 12. The van der Waals surface area contributed by atoms with Gasteiger partial charge in [0.1, 0.15) is 10.6 Å². The van der Waals surface area contributed by atoms with Gasteiger partial charge in [0.25, 0.3) is 10.0 Å². The van der Waals surface area contributed by atoms with Crippen molar-refractivity contribution in [3.8, 4) is 17.2 Å². The Hall–Kier alpha value is -2.74. The van der Waals surface area contributed by atoms with E-state index >= 15 is 0 Å². The lowest BCUT2D eigenvalue weighted by atomic mass is 10.2. The molecule has 8 heteroatoms. The quantitative estimate of drug-likeness (QED) is 0.306. The molecule has 0 aliphatic carbocycles. The van der Waals surface area contributed by atoms with Gasteiger partial charge in [0.15, 0.2) is 11.5 Å². The molecule has 0 aliphatic heterocycles. The molecule has 0 aromatic heterocycles. The van der Waals surface area contributed by atoms with E-state index < -0.39 is 10.0 Å². The van der Waals surface area contributed by atoms with Gasteiger partial charge in [-0.2, -0.15) is 18.4 Å². The summed E-state index contributed by atoms with van der Waals surface area (Å²) in [5.41, 5.74) is 1.47. The van der Waals surface area contributed by atoms with E-state index in [1.54, 1.807) is 44.4 Å². The predicted molar refractivity (Wildman–Crippen MR) is 118 cm³/mol.